The van der Waals surface area contributed by atoms with Crippen molar-refractivity contribution in [2.75, 3.05) is 13.2 Å². The van der Waals surface area contributed by atoms with Crippen molar-refractivity contribution in [1.29, 1.82) is 0 Å². The minimum Gasteiger partial charge on any atom is -0.492 e. The van der Waals surface area contributed by atoms with Gasteiger partial charge in [-0.1, -0.05) is 22.0 Å². The lowest BCUT2D eigenvalue weighted by atomic mass is 10.2. The van der Waals surface area contributed by atoms with Gasteiger partial charge in [0.05, 0.1) is 12.1 Å². The molecule has 0 saturated carbocycles. The molecule has 0 aliphatic heterocycles. The third-order valence-electron chi connectivity index (χ3n) is 2.67. The summed E-state index contributed by atoms with van der Waals surface area (Å²) in [5, 5.41) is 2.63. The molecule has 23 heavy (non-hydrogen) atoms. The van der Waals surface area contributed by atoms with E-state index in [1.807, 2.05) is 12.1 Å². The molecule has 1 aromatic heterocycles. The highest BCUT2D eigenvalue weighted by atomic mass is 79.9. The first kappa shape index (κ1) is 17.7. The highest BCUT2D eigenvalue weighted by molar-refractivity contribution is 9.10. The summed E-state index contributed by atoms with van der Waals surface area (Å²) in [6.45, 7) is 0.513. The Morgan fingerprint density at radius 1 is 1.35 bits per heavy atom. The van der Waals surface area contributed by atoms with Crippen LogP contribution in [0.2, 0.25) is 0 Å². The third kappa shape index (κ3) is 5.80. The van der Waals surface area contributed by atoms with E-state index in [2.05, 4.69) is 26.2 Å². The van der Waals surface area contributed by atoms with Crippen LogP contribution in [0.5, 0.6) is 5.75 Å². The summed E-state index contributed by atoms with van der Waals surface area (Å²) >= 11 is 3.58. The molecule has 0 bridgehead atoms. The standard InChI is InChI=1S/C15H13BrF2N2O2S/c16-10-3-1-4-11(9-10)22-8-7-19-13(21)12-5-2-6-20-14(12)23-15(17)18/h1-6,9,15H,7-8H2,(H,19,21). The van der Waals surface area contributed by atoms with E-state index in [0.29, 0.717) is 5.75 Å². The Hall–Kier alpha value is -1.67. The average molecular weight is 403 g/mol. The molecular weight excluding hydrogens is 390 g/mol. The summed E-state index contributed by atoms with van der Waals surface area (Å²) in [5.41, 5.74) is 0.125. The Bertz CT molecular complexity index is 673. The summed E-state index contributed by atoms with van der Waals surface area (Å²) < 4.78 is 31.3. The van der Waals surface area contributed by atoms with Crippen LogP contribution >= 0.6 is 27.7 Å². The second-order valence-corrected chi connectivity index (χ2v) is 6.19. The van der Waals surface area contributed by atoms with Gasteiger partial charge in [0, 0.05) is 10.7 Å². The molecule has 1 aromatic carbocycles. The molecule has 2 rings (SSSR count). The largest absolute Gasteiger partial charge is 0.492 e. The van der Waals surface area contributed by atoms with Crippen molar-refractivity contribution < 1.29 is 18.3 Å². The molecular formula is C15H13BrF2N2O2S. The second kappa shape index (κ2) is 8.83. The number of carbonyl (C=O) groups excluding carboxylic acids is 1. The monoisotopic (exact) mass is 402 g/mol. The maximum Gasteiger partial charge on any atom is 0.290 e. The van der Waals surface area contributed by atoms with E-state index < -0.39 is 11.7 Å². The summed E-state index contributed by atoms with van der Waals surface area (Å²) in [6.07, 6.45) is 1.37. The lowest BCUT2D eigenvalue weighted by Crippen LogP contribution is -2.28. The van der Waals surface area contributed by atoms with Crippen LogP contribution in [-0.2, 0) is 0 Å². The second-order valence-electron chi connectivity index (χ2n) is 4.30. The summed E-state index contributed by atoms with van der Waals surface area (Å²) in [5.74, 6) is -2.42. The highest BCUT2D eigenvalue weighted by Gasteiger charge is 2.16. The van der Waals surface area contributed by atoms with Crippen LogP contribution in [-0.4, -0.2) is 29.8 Å². The number of nitrogens with one attached hydrogen (secondary N) is 1. The highest BCUT2D eigenvalue weighted by Crippen LogP contribution is 2.26. The average Bonchev–Trinajstić information content (AvgIpc) is 2.51. The Balaban J connectivity index is 1.85. The van der Waals surface area contributed by atoms with Gasteiger partial charge in [0.1, 0.15) is 17.4 Å². The molecule has 1 amide bonds. The van der Waals surface area contributed by atoms with E-state index in [1.54, 1.807) is 12.1 Å². The summed E-state index contributed by atoms with van der Waals surface area (Å²) in [7, 11) is 0. The molecule has 0 aliphatic carbocycles. The maximum absolute atomic E-state index is 12.5. The van der Waals surface area contributed by atoms with Crippen molar-refractivity contribution in [3.63, 3.8) is 0 Å². The molecule has 1 N–H and O–H groups in total. The lowest BCUT2D eigenvalue weighted by molar-refractivity contribution is 0.0943. The molecule has 0 fully saturated rings. The van der Waals surface area contributed by atoms with Gasteiger partial charge >= 0.3 is 0 Å². The summed E-state index contributed by atoms with van der Waals surface area (Å²) in [4.78, 5) is 15.9. The molecule has 0 radical (unpaired) electrons. The van der Waals surface area contributed by atoms with Crippen molar-refractivity contribution in [3.8, 4) is 5.75 Å². The van der Waals surface area contributed by atoms with Crippen molar-refractivity contribution in [2.24, 2.45) is 0 Å². The number of benzene rings is 1. The first-order valence-corrected chi connectivity index (χ1v) is 8.30. The van der Waals surface area contributed by atoms with E-state index in [-0.39, 0.29) is 35.5 Å². The normalized spacial score (nSPS) is 10.6. The molecule has 2 aromatic rings. The van der Waals surface area contributed by atoms with E-state index in [9.17, 15) is 13.6 Å². The molecule has 8 heteroatoms. The number of carbonyl (C=O) groups is 1. The molecule has 0 spiro atoms. The van der Waals surface area contributed by atoms with Gasteiger partial charge in [0.15, 0.2) is 0 Å². The number of hydrogen-bond acceptors (Lipinski definition) is 4. The molecule has 0 atom stereocenters. The fourth-order valence-corrected chi connectivity index (χ4v) is 2.68. The van der Waals surface area contributed by atoms with E-state index in [1.165, 1.54) is 18.3 Å². The number of amides is 1. The number of aromatic nitrogens is 1. The first-order chi connectivity index (χ1) is 11.1. The van der Waals surface area contributed by atoms with Crippen LogP contribution in [0.25, 0.3) is 0 Å². The van der Waals surface area contributed by atoms with E-state index in [4.69, 9.17) is 4.74 Å². The van der Waals surface area contributed by atoms with Gasteiger partial charge in [-0.2, -0.15) is 8.78 Å². The molecule has 1 heterocycles. The zero-order valence-corrected chi connectivity index (χ0v) is 14.2. The van der Waals surface area contributed by atoms with Crippen LogP contribution in [0.1, 0.15) is 10.4 Å². The number of rotatable bonds is 7. The fourth-order valence-electron chi connectivity index (χ4n) is 1.73. The van der Waals surface area contributed by atoms with Crippen LogP contribution in [0, 0.1) is 0 Å². The Morgan fingerprint density at radius 3 is 2.91 bits per heavy atom. The SMILES string of the molecule is O=C(NCCOc1cccc(Br)c1)c1cccnc1SC(F)F. The van der Waals surface area contributed by atoms with Gasteiger partial charge in [-0.05, 0) is 42.1 Å². The number of ether oxygens (including phenoxy) is 1. The third-order valence-corrected chi connectivity index (χ3v) is 3.89. The van der Waals surface area contributed by atoms with Crippen molar-refractivity contribution in [3.05, 3.63) is 52.6 Å². The van der Waals surface area contributed by atoms with Crippen molar-refractivity contribution >= 4 is 33.6 Å². The predicted molar refractivity (Wildman–Crippen MR) is 88.1 cm³/mol. The minimum absolute atomic E-state index is 0.00732. The Labute approximate surface area is 144 Å². The van der Waals surface area contributed by atoms with Gasteiger partial charge in [-0.25, -0.2) is 4.98 Å². The quantitative estimate of drug-likeness (QED) is 0.562. The number of nitrogens with zero attached hydrogens (tertiary/aromatic N) is 1. The van der Waals surface area contributed by atoms with Gasteiger partial charge < -0.3 is 10.1 Å². The molecule has 0 saturated heterocycles. The van der Waals surface area contributed by atoms with Gasteiger partial charge in [0.2, 0.25) is 0 Å². The van der Waals surface area contributed by atoms with Crippen LogP contribution in [0.3, 0.4) is 0 Å². The number of alkyl halides is 2. The van der Waals surface area contributed by atoms with E-state index >= 15 is 0 Å². The van der Waals surface area contributed by atoms with Gasteiger partial charge in [0.25, 0.3) is 11.7 Å². The smallest absolute Gasteiger partial charge is 0.290 e. The van der Waals surface area contributed by atoms with Gasteiger partial charge in [-0.3, -0.25) is 4.79 Å². The number of hydrogen-bond donors (Lipinski definition) is 1. The van der Waals surface area contributed by atoms with Crippen molar-refractivity contribution in [2.45, 2.75) is 10.8 Å². The predicted octanol–water partition coefficient (Wildman–Crippen LogP) is 3.97. The maximum atomic E-state index is 12.5. The molecule has 122 valence electrons. The fraction of sp³-hybridized carbons (Fsp3) is 0.200. The lowest BCUT2D eigenvalue weighted by Gasteiger charge is -2.10. The number of halogens is 3. The van der Waals surface area contributed by atoms with Gasteiger partial charge in [-0.15, -0.1) is 0 Å². The molecule has 0 aliphatic rings. The minimum atomic E-state index is -2.63. The number of pyridine rings is 1. The zero-order chi connectivity index (χ0) is 16.7. The topological polar surface area (TPSA) is 51.2 Å². The Morgan fingerprint density at radius 2 is 2.17 bits per heavy atom. The van der Waals surface area contributed by atoms with E-state index in [0.717, 1.165) is 4.47 Å². The van der Waals surface area contributed by atoms with Crippen LogP contribution < -0.4 is 10.1 Å². The van der Waals surface area contributed by atoms with Crippen molar-refractivity contribution in [1.82, 2.24) is 10.3 Å². The first-order valence-electron chi connectivity index (χ1n) is 6.62. The van der Waals surface area contributed by atoms with Crippen LogP contribution in [0.4, 0.5) is 8.78 Å². The number of thioether (sulfide) groups is 1. The summed E-state index contributed by atoms with van der Waals surface area (Å²) in [6, 6.07) is 10.3. The molecule has 4 nitrogen and oxygen atoms in total. The zero-order valence-electron chi connectivity index (χ0n) is 11.8. The molecule has 0 unspecified atom stereocenters. The Kier molecular flexibility index (Phi) is 6.79. The van der Waals surface area contributed by atoms with Crippen LogP contribution in [0.15, 0.2) is 52.1 Å².